The topological polar surface area (TPSA) is 66.3 Å². The molecule has 0 bridgehead atoms. The molecule has 0 spiro atoms. The van der Waals surface area contributed by atoms with Crippen molar-refractivity contribution in [2.45, 2.75) is 25.9 Å². The summed E-state index contributed by atoms with van der Waals surface area (Å²) in [6, 6.07) is 16.1. The molecule has 162 valence electrons. The predicted molar refractivity (Wildman–Crippen MR) is 120 cm³/mol. The first-order chi connectivity index (χ1) is 14.6. The van der Waals surface area contributed by atoms with E-state index >= 15 is 0 Å². The minimum atomic E-state index is -0.731. The van der Waals surface area contributed by atoms with Gasteiger partial charge in [0.2, 0.25) is 0 Å². The number of nitrogens with one attached hydrogen (secondary N) is 1. The number of aliphatic hydroxyl groups excluding tert-OH is 1. The molecule has 6 heteroatoms. The van der Waals surface area contributed by atoms with Crippen molar-refractivity contribution in [3.8, 4) is 11.5 Å². The van der Waals surface area contributed by atoms with Gasteiger partial charge in [-0.3, -0.25) is 4.99 Å². The van der Waals surface area contributed by atoms with Crippen molar-refractivity contribution >= 4 is 5.96 Å². The van der Waals surface area contributed by atoms with E-state index in [4.69, 9.17) is 14.5 Å². The quantitative estimate of drug-likeness (QED) is 0.516. The molecule has 2 N–H and O–H groups in total. The van der Waals surface area contributed by atoms with E-state index in [2.05, 4.69) is 47.5 Å². The molecule has 0 saturated carbocycles. The average Bonchev–Trinajstić information content (AvgIpc) is 3.24. The lowest BCUT2D eigenvalue weighted by atomic mass is 9.99. The Morgan fingerprint density at radius 1 is 1.17 bits per heavy atom. The van der Waals surface area contributed by atoms with Crippen LogP contribution in [0.4, 0.5) is 0 Å². The first-order valence-electron chi connectivity index (χ1n) is 10.6. The van der Waals surface area contributed by atoms with Crippen LogP contribution in [-0.2, 0) is 6.42 Å². The van der Waals surface area contributed by atoms with Gasteiger partial charge in [0, 0.05) is 25.7 Å². The van der Waals surface area contributed by atoms with Crippen LogP contribution in [0.5, 0.6) is 11.5 Å². The van der Waals surface area contributed by atoms with Crippen molar-refractivity contribution in [1.29, 1.82) is 0 Å². The van der Waals surface area contributed by atoms with E-state index in [1.807, 2.05) is 12.1 Å². The number of hydrogen-bond acceptors (Lipinski definition) is 4. The molecule has 0 radical (unpaired) electrons. The zero-order chi connectivity index (χ0) is 21.3. The van der Waals surface area contributed by atoms with E-state index in [-0.39, 0.29) is 6.54 Å². The van der Waals surface area contributed by atoms with Crippen LogP contribution in [0.2, 0.25) is 0 Å². The molecule has 2 unspecified atom stereocenters. The van der Waals surface area contributed by atoms with Crippen molar-refractivity contribution in [2.24, 2.45) is 10.9 Å². The molecule has 3 rings (SSSR count). The first kappa shape index (κ1) is 22.0. The number of hydrogen-bond donors (Lipinski definition) is 2. The van der Waals surface area contributed by atoms with Gasteiger partial charge in [0.15, 0.2) is 5.96 Å². The monoisotopic (exact) mass is 411 g/mol. The third-order valence-electron chi connectivity index (χ3n) is 5.46. The number of methoxy groups -OCH3 is 2. The molecule has 0 aliphatic carbocycles. The highest BCUT2D eigenvalue weighted by Gasteiger charge is 2.25. The molecule has 1 heterocycles. The Balaban J connectivity index is 1.64. The average molecular weight is 412 g/mol. The van der Waals surface area contributed by atoms with Gasteiger partial charge in [-0.2, -0.15) is 0 Å². The Bertz CT molecular complexity index is 803. The van der Waals surface area contributed by atoms with Crippen LogP contribution in [0, 0.1) is 5.92 Å². The molecular weight excluding hydrogens is 378 g/mol. The van der Waals surface area contributed by atoms with Crippen molar-refractivity contribution in [3.63, 3.8) is 0 Å². The predicted octanol–water partition coefficient (Wildman–Crippen LogP) is 3.27. The number of aliphatic imine (C=N–C) groups is 1. The van der Waals surface area contributed by atoms with Crippen LogP contribution in [0.1, 0.15) is 30.6 Å². The third-order valence-corrected chi connectivity index (χ3v) is 5.46. The number of ether oxygens (including phenoxy) is 2. The molecule has 6 nitrogen and oxygen atoms in total. The lowest BCUT2D eigenvalue weighted by Crippen LogP contribution is -2.40. The van der Waals surface area contributed by atoms with E-state index in [1.54, 1.807) is 20.3 Å². The lowest BCUT2D eigenvalue weighted by Gasteiger charge is -2.22. The maximum Gasteiger partial charge on any atom is 0.194 e. The normalized spacial score (nSPS) is 17.7. The Kier molecular flexibility index (Phi) is 7.97. The highest BCUT2D eigenvalue weighted by atomic mass is 16.5. The van der Waals surface area contributed by atoms with E-state index in [0.717, 1.165) is 44.0 Å². The van der Waals surface area contributed by atoms with Gasteiger partial charge in [-0.15, -0.1) is 0 Å². The summed E-state index contributed by atoms with van der Waals surface area (Å²) in [7, 11) is 3.21. The van der Waals surface area contributed by atoms with Crippen LogP contribution >= 0.6 is 0 Å². The smallest absolute Gasteiger partial charge is 0.194 e. The summed E-state index contributed by atoms with van der Waals surface area (Å²) in [5, 5.41) is 14.1. The maximum atomic E-state index is 10.7. The molecule has 0 amide bonds. The summed E-state index contributed by atoms with van der Waals surface area (Å²) >= 11 is 0. The van der Waals surface area contributed by atoms with Gasteiger partial charge < -0.3 is 24.8 Å². The maximum absolute atomic E-state index is 10.7. The Morgan fingerprint density at radius 3 is 2.50 bits per heavy atom. The molecule has 2 aromatic rings. The van der Waals surface area contributed by atoms with Crippen LogP contribution in [-0.4, -0.2) is 56.4 Å². The van der Waals surface area contributed by atoms with Gasteiger partial charge in [-0.25, -0.2) is 0 Å². The van der Waals surface area contributed by atoms with E-state index in [1.165, 1.54) is 5.56 Å². The molecule has 1 fully saturated rings. The fourth-order valence-corrected chi connectivity index (χ4v) is 3.87. The van der Waals surface area contributed by atoms with E-state index in [0.29, 0.717) is 17.4 Å². The molecule has 0 aromatic heterocycles. The fraction of sp³-hybridized carbons (Fsp3) is 0.458. The fourth-order valence-electron chi connectivity index (χ4n) is 3.87. The zero-order valence-electron chi connectivity index (χ0n) is 18.2. The number of guanidine groups is 1. The second-order valence-electron chi connectivity index (χ2n) is 7.65. The lowest BCUT2D eigenvalue weighted by molar-refractivity contribution is 0.185. The van der Waals surface area contributed by atoms with Crippen molar-refractivity contribution < 1.29 is 14.6 Å². The van der Waals surface area contributed by atoms with Crippen molar-refractivity contribution in [1.82, 2.24) is 10.2 Å². The molecule has 2 aromatic carbocycles. The highest BCUT2D eigenvalue weighted by molar-refractivity contribution is 5.80. The van der Waals surface area contributed by atoms with Gasteiger partial charge in [0.25, 0.3) is 0 Å². The van der Waals surface area contributed by atoms with Crippen LogP contribution in [0.15, 0.2) is 53.5 Å². The number of benzene rings is 2. The number of aliphatic hydroxyl groups is 1. The van der Waals surface area contributed by atoms with E-state index in [9.17, 15) is 5.11 Å². The minimum Gasteiger partial charge on any atom is -0.497 e. The van der Waals surface area contributed by atoms with Crippen molar-refractivity contribution in [2.75, 3.05) is 40.4 Å². The summed E-state index contributed by atoms with van der Waals surface area (Å²) in [6.45, 7) is 5.09. The second kappa shape index (κ2) is 10.9. The molecule has 1 aliphatic heterocycles. The molecular formula is C24H33N3O3. The van der Waals surface area contributed by atoms with Gasteiger partial charge in [-0.05, 0) is 48.9 Å². The van der Waals surface area contributed by atoms with E-state index < -0.39 is 6.10 Å². The Morgan fingerprint density at radius 2 is 1.87 bits per heavy atom. The molecule has 1 saturated heterocycles. The standard InChI is InChI=1S/C24H33N3O3/c1-4-25-24(27-11-10-19(17-27)12-18-8-6-5-7-9-18)26-16-23(28)20-13-21(29-2)15-22(14-20)30-3/h5-9,13-15,19,23,28H,4,10-12,16-17H2,1-3H3,(H,25,26). The van der Waals surface area contributed by atoms with Crippen LogP contribution < -0.4 is 14.8 Å². The van der Waals surface area contributed by atoms with Gasteiger partial charge in [0.05, 0.1) is 26.9 Å². The van der Waals surface area contributed by atoms with Crippen LogP contribution in [0.3, 0.4) is 0 Å². The third kappa shape index (κ3) is 5.89. The number of nitrogens with zero attached hydrogens (tertiary/aromatic N) is 2. The second-order valence-corrected chi connectivity index (χ2v) is 7.65. The number of likely N-dealkylation sites (tertiary alicyclic amines) is 1. The van der Waals surface area contributed by atoms with Gasteiger partial charge >= 0.3 is 0 Å². The summed E-state index contributed by atoms with van der Waals surface area (Å²) < 4.78 is 10.6. The highest BCUT2D eigenvalue weighted by Crippen LogP contribution is 2.27. The Hall–Kier alpha value is -2.73. The molecule has 1 aliphatic rings. The summed E-state index contributed by atoms with van der Waals surface area (Å²) in [5.74, 6) is 2.79. The van der Waals surface area contributed by atoms with Gasteiger partial charge in [-0.1, -0.05) is 30.3 Å². The number of rotatable bonds is 8. The summed E-state index contributed by atoms with van der Waals surface area (Å²) in [6.07, 6.45) is 1.50. The zero-order valence-corrected chi connectivity index (χ0v) is 18.2. The molecule has 2 atom stereocenters. The summed E-state index contributed by atoms with van der Waals surface area (Å²) in [4.78, 5) is 7.03. The van der Waals surface area contributed by atoms with Gasteiger partial charge in [0.1, 0.15) is 11.5 Å². The first-order valence-corrected chi connectivity index (χ1v) is 10.6. The minimum absolute atomic E-state index is 0.276. The Labute approximate surface area is 179 Å². The van der Waals surface area contributed by atoms with Crippen molar-refractivity contribution in [3.05, 3.63) is 59.7 Å². The SMILES string of the molecule is CCNC(=NCC(O)c1cc(OC)cc(OC)c1)N1CCC(Cc2ccccc2)C1. The largest absolute Gasteiger partial charge is 0.497 e. The molecule has 30 heavy (non-hydrogen) atoms. The summed E-state index contributed by atoms with van der Waals surface area (Å²) in [5.41, 5.74) is 2.11. The van der Waals surface area contributed by atoms with Crippen LogP contribution in [0.25, 0.3) is 0 Å².